The number of nitrogen functional groups attached to an aromatic ring is 1. The van der Waals surface area contributed by atoms with Gasteiger partial charge in [-0.2, -0.15) is 5.10 Å². The largest absolute Gasteiger partial charge is 0.369 e. The third kappa shape index (κ3) is 1.99. The van der Waals surface area contributed by atoms with E-state index >= 15 is 0 Å². The third-order valence-corrected chi connectivity index (χ3v) is 4.52. The normalized spacial score (nSPS) is 11.1. The molecule has 0 atom stereocenters. The van der Waals surface area contributed by atoms with Crippen molar-refractivity contribution in [2.45, 2.75) is 0 Å². The Kier molecular flexibility index (Phi) is 2.80. The fourth-order valence-electron chi connectivity index (χ4n) is 2.37. The first kappa shape index (κ1) is 12.8. The van der Waals surface area contributed by atoms with E-state index in [-0.39, 0.29) is 5.56 Å². The summed E-state index contributed by atoms with van der Waals surface area (Å²) < 4.78 is 0. The molecule has 0 bridgehead atoms. The van der Waals surface area contributed by atoms with Crippen LogP contribution in [-0.2, 0) is 0 Å². The number of thiophene rings is 1. The highest BCUT2D eigenvalue weighted by Crippen LogP contribution is 2.35. The molecule has 3 heterocycles. The van der Waals surface area contributed by atoms with Crippen molar-refractivity contribution in [3.8, 4) is 21.1 Å². The lowest BCUT2D eigenvalue weighted by Crippen LogP contribution is -2.08. The summed E-state index contributed by atoms with van der Waals surface area (Å²) in [6.45, 7) is 0. The average Bonchev–Trinajstić information content (AvgIpc) is 3.17. The lowest BCUT2D eigenvalue weighted by molar-refractivity contribution is 1.02. The molecule has 0 amide bonds. The van der Waals surface area contributed by atoms with Gasteiger partial charge in [-0.1, -0.05) is 18.2 Å². The lowest BCUT2D eigenvalue weighted by atomic mass is 10.1. The maximum Gasteiger partial charge on any atom is 0.272 e. The standard InChI is InChI=1S/C15H11N5OS/c16-15-17-7-10(18-15)11-5-6-12(22-11)13-8-3-1-2-4-9(8)14(21)20-19-13/h1-7H,(H,20,21)(H3,16,17,18). The van der Waals surface area contributed by atoms with Gasteiger partial charge >= 0.3 is 0 Å². The Morgan fingerprint density at radius 1 is 1.05 bits per heavy atom. The monoisotopic (exact) mass is 309 g/mol. The van der Waals surface area contributed by atoms with Crippen molar-refractivity contribution in [1.29, 1.82) is 0 Å². The third-order valence-electron chi connectivity index (χ3n) is 3.40. The van der Waals surface area contributed by atoms with Gasteiger partial charge in [0.15, 0.2) is 5.95 Å². The molecular weight excluding hydrogens is 298 g/mol. The van der Waals surface area contributed by atoms with Crippen LogP contribution in [0.4, 0.5) is 5.95 Å². The van der Waals surface area contributed by atoms with E-state index in [1.807, 2.05) is 30.3 Å². The number of anilines is 1. The molecule has 0 spiro atoms. The summed E-state index contributed by atoms with van der Waals surface area (Å²) in [7, 11) is 0. The van der Waals surface area contributed by atoms with Crippen molar-refractivity contribution < 1.29 is 0 Å². The molecule has 0 fully saturated rings. The van der Waals surface area contributed by atoms with Crippen LogP contribution in [0.25, 0.3) is 31.9 Å². The second-order valence-corrected chi connectivity index (χ2v) is 5.88. The predicted molar refractivity (Wildman–Crippen MR) is 87.7 cm³/mol. The minimum atomic E-state index is -0.183. The van der Waals surface area contributed by atoms with Crippen LogP contribution in [0.15, 0.2) is 47.4 Å². The summed E-state index contributed by atoms with van der Waals surface area (Å²) >= 11 is 1.56. The van der Waals surface area contributed by atoms with Crippen molar-refractivity contribution in [2.75, 3.05) is 5.73 Å². The Labute approximate surface area is 128 Å². The number of H-pyrrole nitrogens is 2. The fourth-order valence-corrected chi connectivity index (χ4v) is 3.35. The Morgan fingerprint density at radius 2 is 1.82 bits per heavy atom. The number of benzene rings is 1. The molecule has 7 heteroatoms. The van der Waals surface area contributed by atoms with E-state index < -0.39 is 0 Å². The van der Waals surface area contributed by atoms with Crippen molar-refractivity contribution in [2.24, 2.45) is 0 Å². The molecule has 4 rings (SSSR count). The van der Waals surface area contributed by atoms with E-state index in [4.69, 9.17) is 5.73 Å². The number of aromatic amines is 2. The molecule has 0 saturated heterocycles. The Bertz CT molecular complexity index is 1030. The summed E-state index contributed by atoms with van der Waals surface area (Å²) in [4.78, 5) is 20.8. The maximum absolute atomic E-state index is 11.8. The summed E-state index contributed by atoms with van der Waals surface area (Å²) in [5, 5.41) is 8.24. The van der Waals surface area contributed by atoms with Gasteiger partial charge in [-0.15, -0.1) is 11.3 Å². The number of aromatic nitrogens is 4. The smallest absolute Gasteiger partial charge is 0.272 e. The highest BCUT2D eigenvalue weighted by atomic mass is 32.1. The number of imidazole rings is 1. The summed E-state index contributed by atoms with van der Waals surface area (Å²) in [6, 6.07) is 11.4. The molecule has 0 aliphatic heterocycles. The van der Waals surface area contributed by atoms with E-state index in [1.165, 1.54) is 0 Å². The summed E-state index contributed by atoms with van der Waals surface area (Å²) in [5.41, 5.74) is 7.05. The number of nitrogens with one attached hydrogen (secondary N) is 2. The van der Waals surface area contributed by atoms with Crippen LogP contribution in [-0.4, -0.2) is 20.2 Å². The first-order chi connectivity index (χ1) is 10.7. The van der Waals surface area contributed by atoms with Gasteiger partial charge in [0.25, 0.3) is 5.56 Å². The Balaban J connectivity index is 1.88. The number of nitrogens with two attached hydrogens (primary N) is 1. The average molecular weight is 309 g/mol. The van der Waals surface area contributed by atoms with Crippen molar-refractivity contribution in [1.82, 2.24) is 20.2 Å². The Morgan fingerprint density at radius 3 is 2.59 bits per heavy atom. The maximum atomic E-state index is 11.8. The number of hydrogen-bond acceptors (Lipinski definition) is 5. The lowest BCUT2D eigenvalue weighted by Gasteiger charge is -2.01. The predicted octanol–water partition coefficient (Wildman–Crippen LogP) is 2.62. The van der Waals surface area contributed by atoms with Gasteiger partial charge in [0.1, 0.15) is 5.69 Å². The fraction of sp³-hybridized carbons (Fsp3) is 0. The molecular formula is C15H11N5OS. The molecule has 0 radical (unpaired) electrons. The van der Waals surface area contributed by atoms with Crippen molar-refractivity contribution >= 4 is 28.1 Å². The Hall–Kier alpha value is -2.93. The molecule has 0 unspecified atom stereocenters. The number of hydrogen-bond donors (Lipinski definition) is 3. The van der Waals surface area contributed by atoms with Crippen LogP contribution in [0.2, 0.25) is 0 Å². The van der Waals surface area contributed by atoms with Gasteiger partial charge < -0.3 is 10.7 Å². The van der Waals surface area contributed by atoms with E-state index in [0.717, 1.165) is 26.5 Å². The minimum absolute atomic E-state index is 0.183. The van der Waals surface area contributed by atoms with Gasteiger partial charge in [-0.25, -0.2) is 10.1 Å². The van der Waals surface area contributed by atoms with E-state index in [9.17, 15) is 4.79 Å². The van der Waals surface area contributed by atoms with Crippen molar-refractivity contribution in [3.63, 3.8) is 0 Å². The molecule has 4 aromatic rings. The quantitative estimate of drug-likeness (QED) is 0.530. The first-order valence-electron chi connectivity index (χ1n) is 6.61. The van der Waals surface area contributed by atoms with E-state index in [0.29, 0.717) is 11.3 Å². The molecule has 0 aliphatic carbocycles. The second-order valence-electron chi connectivity index (χ2n) is 4.79. The molecule has 0 aliphatic rings. The zero-order valence-electron chi connectivity index (χ0n) is 11.3. The van der Waals surface area contributed by atoms with Gasteiger partial charge in [0.05, 0.1) is 27.0 Å². The van der Waals surface area contributed by atoms with Gasteiger partial charge in [0, 0.05) is 5.39 Å². The molecule has 6 nitrogen and oxygen atoms in total. The zero-order valence-corrected chi connectivity index (χ0v) is 12.1. The van der Waals surface area contributed by atoms with Crippen LogP contribution in [0.3, 0.4) is 0 Å². The molecule has 1 aromatic carbocycles. The SMILES string of the molecule is Nc1ncc(-c2ccc(-c3n[nH]c(=O)c4ccccc34)s2)[nH]1. The highest BCUT2D eigenvalue weighted by molar-refractivity contribution is 7.18. The first-order valence-corrected chi connectivity index (χ1v) is 7.42. The van der Waals surface area contributed by atoms with Crippen LogP contribution in [0.5, 0.6) is 0 Å². The van der Waals surface area contributed by atoms with Crippen LogP contribution >= 0.6 is 11.3 Å². The van der Waals surface area contributed by atoms with Crippen LogP contribution < -0.4 is 11.3 Å². The molecule has 4 N–H and O–H groups in total. The number of fused-ring (bicyclic) bond motifs is 1. The molecule has 3 aromatic heterocycles. The highest BCUT2D eigenvalue weighted by Gasteiger charge is 2.12. The summed E-state index contributed by atoms with van der Waals surface area (Å²) in [6.07, 6.45) is 1.70. The minimum Gasteiger partial charge on any atom is -0.369 e. The summed E-state index contributed by atoms with van der Waals surface area (Å²) in [5.74, 6) is 0.387. The van der Waals surface area contributed by atoms with Gasteiger partial charge in [-0.05, 0) is 18.2 Å². The van der Waals surface area contributed by atoms with E-state index in [2.05, 4.69) is 20.2 Å². The second kappa shape index (κ2) is 4.81. The van der Waals surface area contributed by atoms with E-state index in [1.54, 1.807) is 23.6 Å². The van der Waals surface area contributed by atoms with Crippen LogP contribution in [0, 0.1) is 0 Å². The number of rotatable bonds is 2. The van der Waals surface area contributed by atoms with Crippen molar-refractivity contribution in [3.05, 3.63) is 52.9 Å². The topological polar surface area (TPSA) is 100 Å². The van der Waals surface area contributed by atoms with Crippen LogP contribution in [0.1, 0.15) is 0 Å². The van der Waals surface area contributed by atoms with Gasteiger partial charge in [0.2, 0.25) is 0 Å². The van der Waals surface area contributed by atoms with Gasteiger partial charge in [-0.3, -0.25) is 4.79 Å². The zero-order chi connectivity index (χ0) is 15.1. The number of nitrogens with zero attached hydrogens (tertiary/aromatic N) is 2. The molecule has 108 valence electrons. The molecule has 22 heavy (non-hydrogen) atoms. The molecule has 0 saturated carbocycles.